The van der Waals surface area contributed by atoms with Crippen LogP contribution < -0.4 is 10.2 Å². The van der Waals surface area contributed by atoms with E-state index in [2.05, 4.69) is 44.6 Å². The molecule has 4 rings (SSSR count). The van der Waals surface area contributed by atoms with Crippen molar-refractivity contribution in [3.63, 3.8) is 0 Å². The van der Waals surface area contributed by atoms with Gasteiger partial charge in [0.2, 0.25) is 17.6 Å². The molecule has 1 amide bonds. The van der Waals surface area contributed by atoms with Crippen LogP contribution in [0.25, 0.3) is 11.4 Å². The molecule has 3 aromatic rings. The second kappa shape index (κ2) is 9.52. The van der Waals surface area contributed by atoms with Gasteiger partial charge in [-0.25, -0.2) is 4.39 Å². The highest BCUT2D eigenvalue weighted by atomic mass is 19.1. The summed E-state index contributed by atoms with van der Waals surface area (Å²) < 4.78 is 18.2. The number of aromatic nitrogens is 2. The summed E-state index contributed by atoms with van der Waals surface area (Å²) >= 11 is 0. The molecule has 30 heavy (non-hydrogen) atoms. The molecule has 2 aromatic carbocycles. The Bertz CT molecular complexity index is 959. The van der Waals surface area contributed by atoms with Crippen LogP contribution in [0.1, 0.15) is 25.2 Å². The number of halogens is 1. The minimum Gasteiger partial charge on any atom is -0.371 e. The van der Waals surface area contributed by atoms with Gasteiger partial charge in [-0.05, 0) is 55.2 Å². The molecule has 6 nitrogen and oxygen atoms in total. The van der Waals surface area contributed by atoms with Crippen LogP contribution in [0.2, 0.25) is 0 Å². The van der Waals surface area contributed by atoms with E-state index in [0.717, 1.165) is 19.5 Å². The first-order valence-electron chi connectivity index (χ1n) is 10.3. The van der Waals surface area contributed by atoms with Crippen molar-refractivity contribution in [2.24, 2.45) is 5.92 Å². The van der Waals surface area contributed by atoms with E-state index in [9.17, 15) is 9.18 Å². The van der Waals surface area contributed by atoms with Gasteiger partial charge in [0.15, 0.2) is 0 Å². The minimum absolute atomic E-state index is 0.0476. The fourth-order valence-electron chi connectivity index (χ4n) is 3.69. The Labute approximate surface area is 175 Å². The largest absolute Gasteiger partial charge is 0.371 e. The summed E-state index contributed by atoms with van der Waals surface area (Å²) in [6.45, 7) is 2.70. The molecule has 1 aliphatic heterocycles. The van der Waals surface area contributed by atoms with Gasteiger partial charge >= 0.3 is 0 Å². The summed E-state index contributed by atoms with van der Waals surface area (Å²) in [5.74, 6) is 1.13. The number of benzene rings is 2. The third-order valence-corrected chi connectivity index (χ3v) is 5.36. The summed E-state index contributed by atoms with van der Waals surface area (Å²) in [4.78, 5) is 18.9. The summed E-state index contributed by atoms with van der Waals surface area (Å²) in [6.07, 6.45) is 2.68. The van der Waals surface area contributed by atoms with E-state index in [1.54, 1.807) is 12.1 Å². The molecule has 0 saturated carbocycles. The van der Waals surface area contributed by atoms with Crippen LogP contribution in [0.3, 0.4) is 0 Å². The number of nitrogens with zero attached hydrogens (tertiary/aromatic N) is 3. The topological polar surface area (TPSA) is 71.3 Å². The highest BCUT2D eigenvalue weighted by Crippen LogP contribution is 2.23. The number of amides is 1. The Morgan fingerprint density at radius 2 is 1.97 bits per heavy atom. The fraction of sp³-hybridized carbons (Fsp3) is 0.348. The Kier molecular flexibility index (Phi) is 6.37. The lowest BCUT2D eigenvalue weighted by Gasteiger charge is -2.18. The van der Waals surface area contributed by atoms with E-state index in [4.69, 9.17) is 4.52 Å². The number of carbonyl (C=O) groups excluding carboxylic acids is 1. The van der Waals surface area contributed by atoms with Crippen LogP contribution in [-0.4, -0.2) is 35.7 Å². The van der Waals surface area contributed by atoms with E-state index in [1.807, 2.05) is 6.07 Å². The molecular weight excluding hydrogens is 383 g/mol. The van der Waals surface area contributed by atoms with Gasteiger partial charge in [0.05, 0.1) is 0 Å². The van der Waals surface area contributed by atoms with E-state index >= 15 is 0 Å². The van der Waals surface area contributed by atoms with Gasteiger partial charge in [-0.3, -0.25) is 4.79 Å². The standard InChI is InChI=1S/C23H25FN4O2/c24-19-11-9-18(10-12-19)23-26-22(30-27-23)8-4-7-21(29)25-15-17-13-14-28(16-17)20-5-2-1-3-6-20/h1-3,5-6,9-12,17H,4,7-8,13-16H2,(H,25,29). The highest BCUT2D eigenvalue weighted by molar-refractivity contribution is 5.75. The van der Waals surface area contributed by atoms with Crippen LogP contribution in [0.15, 0.2) is 59.1 Å². The maximum Gasteiger partial charge on any atom is 0.226 e. The lowest BCUT2D eigenvalue weighted by atomic mass is 10.1. The number of hydrogen-bond acceptors (Lipinski definition) is 5. The normalized spacial score (nSPS) is 16.0. The number of para-hydroxylation sites is 1. The van der Waals surface area contributed by atoms with Crippen molar-refractivity contribution >= 4 is 11.6 Å². The second-order valence-electron chi connectivity index (χ2n) is 7.61. The van der Waals surface area contributed by atoms with Crippen molar-refractivity contribution < 1.29 is 13.7 Å². The quantitative estimate of drug-likeness (QED) is 0.613. The molecule has 7 heteroatoms. The van der Waals surface area contributed by atoms with Crippen molar-refractivity contribution in [1.29, 1.82) is 0 Å². The number of hydrogen-bond donors (Lipinski definition) is 1. The maximum absolute atomic E-state index is 13.0. The maximum atomic E-state index is 13.0. The number of anilines is 1. The molecule has 0 spiro atoms. The predicted octanol–water partition coefficient (Wildman–Crippen LogP) is 3.84. The molecule has 0 bridgehead atoms. The second-order valence-corrected chi connectivity index (χ2v) is 7.61. The summed E-state index contributed by atoms with van der Waals surface area (Å²) in [6, 6.07) is 16.3. The summed E-state index contributed by atoms with van der Waals surface area (Å²) in [5.41, 5.74) is 1.94. The van der Waals surface area contributed by atoms with Gasteiger partial charge in [0, 0.05) is 43.7 Å². The molecule has 1 aliphatic rings. The van der Waals surface area contributed by atoms with Gasteiger partial charge in [0.25, 0.3) is 0 Å². The van der Waals surface area contributed by atoms with Crippen molar-refractivity contribution in [1.82, 2.24) is 15.5 Å². The highest BCUT2D eigenvalue weighted by Gasteiger charge is 2.22. The molecule has 1 saturated heterocycles. The predicted molar refractivity (Wildman–Crippen MR) is 112 cm³/mol. The van der Waals surface area contributed by atoms with Crippen molar-refractivity contribution in [3.05, 3.63) is 66.3 Å². The fourth-order valence-corrected chi connectivity index (χ4v) is 3.69. The van der Waals surface area contributed by atoms with E-state index in [-0.39, 0.29) is 11.7 Å². The first kappa shape index (κ1) is 20.1. The minimum atomic E-state index is -0.307. The number of nitrogens with one attached hydrogen (secondary N) is 1. The van der Waals surface area contributed by atoms with Crippen LogP contribution >= 0.6 is 0 Å². The van der Waals surface area contributed by atoms with Crippen LogP contribution in [0.5, 0.6) is 0 Å². The smallest absolute Gasteiger partial charge is 0.226 e. The molecule has 0 radical (unpaired) electrons. The van der Waals surface area contributed by atoms with Gasteiger partial charge in [-0.1, -0.05) is 23.4 Å². The van der Waals surface area contributed by atoms with Gasteiger partial charge in [-0.15, -0.1) is 0 Å². The molecule has 1 unspecified atom stereocenters. The zero-order chi connectivity index (χ0) is 20.8. The molecule has 1 N–H and O–H groups in total. The van der Waals surface area contributed by atoms with Gasteiger partial charge in [-0.2, -0.15) is 4.98 Å². The zero-order valence-corrected chi connectivity index (χ0v) is 16.8. The van der Waals surface area contributed by atoms with Gasteiger partial charge < -0.3 is 14.7 Å². The Morgan fingerprint density at radius 1 is 1.17 bits per heavy atom. The zero-order valence-electron chi connectivity index (χ0n) is 16.8. The third-order valence-electron chi connectivity index (χ3n) is 5.36. The van der Waals surface area contributed by atoms with E-state index < -0.39 is 0 Å². The number of rotatable bonds is 8. The average Bonchev–Trinajstić information content (AvgIpc) is 3.43. The van der Waals surface area contributed by atoms with E-state index in [1.165, 1.54) is 17.8 Å². The number of carbonyl (C=O) groups is 1. The SMILES string of the molecule is O=C(CCCc1nc(-c2ccc(F)cc2)no1)NCC1CCN(c2ccccc2)C1. The van der Waals surface area contributed by atoms with Crippen LogP contribution in [-0.2, 0) is 11.2 Å². The first-order valence-corrected chi connectivity index (χ1v) is 10.3. The lowest BCUT2D eigenvalue weighted by molar-refractivity contribution is -0.121. The monoisotopic (exact) mass is 408 g/mol. The Hall–Kier alpha value is -3.22. The Balaban J connectivity index is 1.16. The van der Waals surface area contributed by atoms with Crippen molar-refractivity contribution in [2.45, 2.75) is 25.7 Å². The summed E-state index contributed by atoms with van der Waals surface area (Å²) in [5, 5.41) is 6.97. The van der Waals surface area contributed by atoms with Crippen molar-refractivity contribution in [3.8, 4) is 11.4 Å². The first-order chi connectivity index (χ1) is 14.7. The molecule has 156 valence electrons. The average molecular weight is 408 g/mol. The Morgan fingerprint density at radius 3 is 2.77 bits per heavy atom. The van der Waals surface area contributed by atoms with E-state index in [0.29, 0.717) is 49.0 Å². The number of aryl methyl sites for hydroxylation is 1. The summed E-state index contributed by atoms with van der Waals surface area (Å²) in [7, 11) is 0. The molecule has 2 heterocycles. The van der Waals surface area contributed by atoms with Crippen LogP contribution in [0, 0.1) is 11.7 Å². The van der Waals surface area contributed by atoms with Crippen LogP contribution in [0.4, 0.5) is 10.1 Å². The third kappa shape index (κ3) is 5.23. The molecule has 1 atom stereocenters. The van der Waals surface area contributed by atoms with Crippen molar-refractivity contribution in [2.75, 3.05) is 24.5 Å². The molecule has 0 aliphatic carbocycles. The molecule has 1 aromatic heterocycles. The molecule has 1 fully saturated rings. The van der Waals surface area contributed by atoms with Gasteiger partial charge in [0.1, 0.15) is 5.82 Å². The lowest BCUT2D eigenvalue weighted by Crippen LogP contribution is -2.30. The molecular formula is C23H25FN4O2.